The van der Waals surface area contributed by atoms with E-state index in [1.807, 2.05) is 12.2 Å². The summed E-state index contributed by atoms with van der Waals surface area (Å²) < 4.78 is 49.1. The van der Waals surface area contributed by atoms with Gasteiger partial charge in [-0.05, 0) is 51.4 Å². The maximum Gasteiger partial charge on any atom is 0.472 e. The van der Waals surface area contributed by atoms with E-state index in [1.54, 1.807) is 0 Å². The van der Waals surface area contributed by atoms with Gasteiger partial charge in [0.25, 0.3) is 0 Å². The molecule has 1 rings (SSSR count). The molecule has 0 saturated heterocycles. The van der Waals surface area contributed by atoms with Crippen LogP contribution in [0.5, 0.6) is 0 Å². The second-order valence-electron chi connectivity index (χ2n) is 16.8. The number of esters is 2. The van der Waals surface area contributed by atoms with Crippen molar-refractivity contribution in [2.75, 3.05) is 13.2 Å². The number of hydrogen-bond donors (Lipinski definition) is 7. The molecule has 0 bridgehead atoms. The largest absolute Gasteiger partial charge is 0.472 e. The van der Waals surface area contributed by atoms with Crippen molar-refractivity contribution in [2.24, 2.45) is 0 Å². The lowest BCUT2D eigenvalue weighted by Gasteiger charge is -2.43. The third-order valence-electron chi connectivity index (χ3n) is 10.9. The maximum atomic E-state index is 12.9. The predicted octanol–water partition coefficient (Wildman–Crippen LogP) is 9.29. The smallest absolute Gasteiger partial charge is 0.462 e. The Labute approximate surface area is 388 Å². The standard InChI is InChI=1S/C47H84O16P2/c1-3-5-7-9-11-13-15-17-19-20-22-23-25-27-29-31-33-35-40(48)59-37-39(61-41(49)36-34-32-30-28-26-24-21-18-16-14-12-10-8-6-4-2)38-60-65(57,58)63-47-44(52)42(50)46(43(51)45(47)53)62-64(54,55)56/h11,13,17,19,22-23,27,29,39,42-47,50-53H,3-10,12,14-16,18,20-21,24-26,28,30-38H2,1-2H3,(H,57,58)(H2,54,55,56)/b13-11+,19-17+,23-22+,29-27+/t39-,42-,43+,44-,45-,46?,47?/m1/s1. The third kappa shape index (κ3) is 32.4. The van der Waals surface area contributed by atoms with Crippen LogP contribution in [0.25, 0.3) is 0 Å². The Bertz CT molecular complexity index is 1430. The Hall–Kier alpha value is -2.04. The van der Waals surface area contributed by atoms with Crippen LogP contribution in [-0.4, -0.2) is 103 Å². The Kier molecular flexibility index (Phi) is 35.5. The molecule has 18 heteroatoms. The number of carbonyl (C=O) groups is 2. The van der Waals surface area contributed by atoms with Gasteiger partial charge in [-0.3, -0.25) is 23.2 Å². The molecule has 7 N–H and O–H groups in total. The molecule has 0 aromatic rings. The summed E-state index contributed by atoms with van der Waals surface area (Å²) in [4.78, 5) is 54.0. The molecule has 0 aliphatic heterocycles. The van der Waals surface area contributed by atoms with Gasteiger partial charge in [-0.2, -0.15) is 0 Å². The van der Waals surface area contributed by atoms with Crippen molar-refractivity contribution in [3.63, 3.8) is 0 Å². The predicted molar refractivity (Wildman–Crippen MR) is 250 cm³/mol. The third-order valence-corrected chi connectivity index (χ3v) is 12.4. The van der Waals surface area contributed by atoms with E-state index in [1.165, 1.54) is 83.5 Å². The number of rotatable bonds is 40. The van der Waals surface area contributed by atoms with E-state index in [2.05, 4.69) is 54.8 Å². The molecule has 0 aromatic carbocycles. The molecule has 0 amide bonds. The van der Waals surface area contributed by atoms with Crippen molar-refractivity contribution in [3.05, 3.63) is 48.6 Å². The normalized spacial score (nSPS) is 22.0. The number of phosphoric ester groups is 2. The first-order valence-electron chi connectivity index (χ1n) is 24.2. The highest BCUT2D eigenvalue weighted by Crippen LogP contribution is 2.48. The first-order valence-corrected chi connectivity index (χ1v) is 27.2. The Morgan fingerprint density at radius 1 is 0.492 bits per heavy atom. The zero-order chi connectivity index (χ0) is 48.2. The lowest BCUT2D eigenvalue weighted by Crippen LogP contribution is -2.64. The fourth-order valence-corrected chi connectivity index (χ4v) is 8.67. The van der Waals surface area contributed by atoms with Gasteiger partial charge in [0.05, 0.1) is 6.61 Å². The Morgan fingerprint density at radius 2 is 0.877 bits per heavy atom. The van der Waals surface area contributed by atoms with Gasteiger partial charge in [-0.15, -0.1) is 0 Å². The number of aliphatic hydroxyl groups excluding tert-OH is 4. The van der Waals surface area contributed by atoms with E-state index in [4.69, 9.17) is 28.3 Å². The van der Waals surface area contributed by atoms with Gasteiger partial charge < -0.3 is 44.6 Å². The molecule has 0 spiro atoms. The van der Waals surface area contributed by atoms with E-state index in [9.17, 15) is 44.0 Å². The van der Waals surface area contributed by atoms with Crippen molar-refractivity contribution >= 4 is 27.6 Å². The minimum Gasteiger partial charge on any atom is -0.462 e. The van der Waals surface area contributed by atoms with E-state index in [0.717, 1.165) is 51.4 Å². The van der Waals surface area contributed by atoms with Crippen LogP contribution in [-0.2, 0) is 41.8 Å². The number of hydrogen-bond acceptors (Lipinski definition) is 13. The fraction of sp³-hybridized carbons (Fsp3) is 0.787. The van der Waals surface area contributed by atoms with Gasteiger partial charge in [0.2, 0.25) is 0 Å². The number of allylic oxidation sites excluding steroid dienone is 8. The van der Waals surface area contributed by atoms with E-state index in [-0.39, 0.29) is 12.8 Å². The first kappa shape index (κ1) is 61.0. The van der Waals surface area contributed by atoms with Gasteiger partial charge >= 0.3 is 27.6 Å². The summed E-state index contributed by atoms with van der Waals surface area (Å²) in [6.45, 7) is 3.07. The molecule has 1 aliphatic rings. The second kappa shape index (κ2) is 37.9. The summed E-state index contributed by atoms with van der Waals surface area (Å²) in [5.41, 5.74) is 0. The van der Waals surface area contributed by atoms with Crippen LogP contribution < -0.4 is 0 Å². The molecule has 0 heterocycles. The van der Waals surface area contributed by atoms with Crippen molar-refractivity contribution in [3.8, 4) is 0 Å². The molecule has 0 radical (unpaired) electrons. The molecule has 0 aromatic heterocycles. The van der Waals surface area contributed by atoms with Crippen molar-refractivity contribution < 1.29 is 76.9 Å². The number of ether oxygens (including phenoxy) is 2. The molecule has 1 saturated carbocycles. The number of carbonyl (C=O) groups excluding carboxylic acids is 2. The minimum absolute atomic E-state index is 0.0408. The molecule has 16 nitrogen and oxygen atoms in total. The highest BCUT2D eigenvalue weighted by atomic mass is 31.2. The van der Waals surface area contributed by atoms with Gasteiger partial charge in [-0.1, -0.05) is 165 Å². The van der Waals surface area contributed by atoms with Crippen molar-refractivity contribution in [2.45, 2.75) is 224 Å². The fourth-order valence-electron chi connectivity index (χ4n) is 7.14. The van der Waals surface area contributed by atoms with Crippen LogP contribution >= 0.6 is 15.6 Å². The molecule has 65 heavy (non-hydrogen) atoms. The zero-order valence-electron chi connectivity index (χ0n) is 39.2. The van der Waals surface area contributed by atoms with E-state index < -0.39 is 83.5 Å². The van der Waals surface area contributed by atoms with Crippen LogP contribution in [0.4, 0.5) is 0 Å². The van der Waals surface area contributed by atoms with Gasteiger partial charge in [0, 0.05) is 12.8 Å². The summed E-state index contributed by atoms with van der Waals surface area (Å²) in [6, 6.07) is 0. The van der Waals surface area contributed by atoms with Crippen LogP contribution in [0.3, 0.4) is 0 Å². The van der Waals surface area contributed by atoms with E-state index in [0.29, 0.717) is 19.3 Å². The van der Waals surface area contributed by atoms with Gasteiger partial charge in [-0.25, -0.2) is 9.13 Å². The Balaban J connectivity index is 2.60. The molecule has 3 unspecified atom stereocenters. The topological polar surface area (TPSA) is 256 Å². The average molecular weight is 967 g/mol. The van der Waals surface area contributed by atoms with Gasteiger partial charge in [0.1, 0.15) is 43.2 Å². The summed E-state index contributed by atoms with van der Waals surface area (Å²) >= 11 is 0. The number of unbranched alkanes of at least 4 members (excludes halogenated alkanes) is 18. The highest BCUT2D eigenvalue weighted by Gasteiger charge is 2.54. The zero-order valence-corrected chi connectivity index (χ0v) is 40.9. The molecule has 378 valence electrons. The second-order valence-corrected chi connectivity index (χ2v) is 19.4. The van der Waals surface area contributed by atoms with Gasteiger partial charge in [0.15, 0.2) is 6.10 Å². The summed E-state index contributed by atoms with van der Waals surface area (Å²) in [6.07, 6.45) is 27.9. The highest BCUT2D eigenvalue weighted by molar-refractivity contribution is 7.47. The summed E-state index contributed by atoms with van der Waals surface area (Å²) in [5.74, 6) is -1.25. The molecule has 1 fully saturated rings. The number of phosphoric acid groups is 2. The molecule has 8 atom stereocenters. The van der Waals surface area contributed by atoms with Crippen molar-refractivity contribution in [1.29, 1.82) is 0 Å². The monoisotopic (exact) mass is 967 g/mol. The maximum absolute atomic E-state index is 12.9. The minimum atomic E-state index is -5.31. The lowest BCUT2D eigenvalue weighted by atomic mass is 9.85. The number of aliphatic hydroxyl groups is 4. The molecular weight excluding hydrogens is 882 g/mol. The van der Waals surface area contributed by atoms with Crippen LogP contribution in [0.1, 0.15) is 181 Å². The van der Waals surface area contributed by atoms with E-state index >= 15 is 0 Å². The Morgan fingerprint density at radius 3 is 1.34 bits per heavy atom. The first-order chi connectivity index (χ1) is 31.1. The summed E-state index contributed by atoms with van der Waals surface area (Å²) in [5, 5.41) is 41.5. The quantitative estimate of drug-likeness (QED) is 0.0131. The van der Waals surface area contributed by atoms with Crippen LogP contribution in [0.15, 0.2) is 48.6 Å². The molecule has 1 aliphatic carbocycles. The molecular formula is C47H84O16P2. The van der Waals surface area contributed by atoms with Crippen molar-refractivity contribution in [1.82, 2.24) is 0 Å². The van der Waals surface area contributed by atoms with Crippen LogP contribution in [0, 0.1) is 0 Å². The van der Waals surface area contributed by atoms with Crippen LogP contribution in [0.2, 0.25) is 0 Å². The SMILES string of the molecule is CCCCC/C=C/C/C=C/C/C=C/C/C=C/CCCC(=O)OC[C@H](COP(=O)(O)OC1[C@H](O)[C@H](O)C(OP(=O)(O)O)[C@H](O)[C@H]1O)OC(=O)CCCCCCCCCCCCCCCCC. The average Bonchev–Trinajstić information content (AvgIpc) is 3.26. The summed E-state index contributed by atoms with van der Waals surface area (Å²) in [7, 11) is -10.6. The lowest BCUT2D eigenvalue weighted by molar-refractivity contribution is -0.216.